The highest BCUT2D eigenvalue weighted by molar-refractivity contribution is 14.0. The molecule has 7 nitrogen and oxygen atoms in total. The Hall–Kier alpha value is -1.84. The Kier molecular flexibility index (Phi) is 8.53. The largest absolute Gasteiger partial charge is 0.466 e. The zero-order valence-electron chi connectivity index (χ0n) is 16.9. The molecule has 1 fully saturated rings. The summed E-state index contributed by atoms with van der Waals surface area (Å²) in [6.45, 7) is 7.42. The van der Waals surface area contributed by atoms with Gasteiger partial charge in [0.1, 0.15) is 5.82 Å². The molecule has 1 aliphatic heterocycles. The Morgan fingerprint density at radius 2 is 2.18 bits per heavy atom. The molecule has 1 aromatic carbocycles. The van der Waals surface area contributed by atoms with Crippen LogP contribution in [-0.2, 0) is 16.1 Å². The van der Waals surface area contributed by atoms with Crippen LogP contribution in [0.5, 0.6) is 0 Å². The number of imidazole rings is 1. The van der Waals surface area contributed by atoms with Gasteiger partial charge in [0.25, 0.3) is 0 Å². The molecule has 1 aliphatic rings. The number of aromatic nitrogens is 2. The highest BCUT2D eigenvalue weighted by Gasteiger charge is 2.28. The molecule has 0 saturated carbocycles. The quantitative estimate of drug-likeness (QED) is 0.297. The Morgan fingerprint density at radius 1 is 1.39 bits per heavy atom. The second kappa shape index (κ2) is 10.6. The number of halogens is 1. The number of ether oxygens (including phenoxy) is 1. The van der Waals surface area contributed by atoms with Crippen molar-refractivity contribution in [2.24, 2.45) is 10.9 Å². The van der Waals surface area contributed by atoms with Crippen LogP contribution in [0.3, 0.4) is 0 Å². The van der Waals surface area contributed by atoms with E-state index in [0.717, 1.165) is 55.3 Å². The molecule has 28 heavy (non-hydrogen) atoms. The van der Waals surface area contributed by atoms with Crippen LogP contribution in [0.25, 0.3) is 11.0 Å². The van der Waals surface area contributed by atoms with Crippen LogP contribution in [0.15, 0.2) is 29.3 Å². The average molecular weight is 499 g/mol. The van der Waals surface area contributed by atoms with E-state index < -0.39 is 0 Å². The average Bonchev–Trinajstić information content (AvgIpc) is 3.01. The highest BCUT2D eigenvalue weighted by atomic mass is 127. The molecular formula is C20H30IN5O2. The zero-order chi connectivity index (χ0) is 19.2. The SMILES string of the molecule is CCOC(=O)C1CCCN(C(=NC)NCCn2c(C)nc3ccccc32)C1.I. The molecule has 0 bridgehead atoms. The first kappa shape index (κ1) is 22.4. The third kappa shape index (κ3) is 5.15. The molecule has 8 heteroatoms. The van der Waals surface area contributed by atoms with Gasteiger partial charge in [-0.05, 0) is 38.8 Å². The minimum Gasteiger partial charge on any atom is -0.466 e. The number of esters is 1. The fourth-order valence-corrected chi connectivity index (χ4v) is 3.71. The van der Waals surface area contributed by atoms with E-state index in [2.05, 4.69) is 30.8 Å². The number of nitrogens with one attached hydrogen (secondary N) is 1. The smallest absolute Gasteiger partial charge is 0.310 e. The van der Waals surface area contributed by atoms with Gasteiger partial charge in [-0.15, -0.1) is 24.0 Å². The first-order chi connectivity index (χ1) is 13.1. The summed E-state index contributed by atoms with van der Waals surface area (Å²) in [6.07, 6.45) is 1.85. The zero-order valence-corrected chi connectivity index (χ0v) is 19.2. The lowest BCUT2D eigenvalue weighted by Gasteiger charge is -2.34. The van der Waals surface area contributed by atoms with Crippen LogP contribution in [-0.4, -0.2) is 59.7 Å². The summed E-state index contributed by atoms with van der Waals surface area (Å²) in [5.74, 6) is 1.68. The van der Waals surface area contributed by atoms with Gasteiger partial charge in [0.05, 0.1) is 23.6 Å². The van der Waals surface area contributed by atoms with Gasteiger partial charge in [-0.2, -0.15) is 0 Å². The van der Waals surface area contributed by atoms with Crippen molar-refractivity contribution in [2.45, 2.75) is 33.2 Å². The lowest BCUT2D eigenvalue weighted by molar-refractivity contribution is -0.149. The number of fused-ring (bicyclic) bond motifs is 1. The molecular weight excluding hydrogens is 469 g/mol. The number of carbonyl (C=O) groups excluding carboxylic acids is 1. The number of rotatable bonds is 5. The second-order valence-electron chi connectivity index (χ2n) is 6.81. The number of nitrogens with zero attached hydrogens (tertiary/aromatic N) is 4. The molecule has 2 aromatic rings. The molecule has 0 aliphatic carbocycles. The van der Waals surface area contributed by atoms with Crippen molar-refractivity contribution in [3.8, 4) is 0 Å². The summed E-state index contributed by atoms with van der Waals surface area (Å²) in [5.41, 5.74) is 2.17. The summed E-state index contributed by atoms with van der Waals surface area (Å²) in [5, 5.41) is 3.44. The molecule has 1 unspecified atom stereocenters. The number of likely N-dealkylation sites (tertiary alicyclic amines) is 1. The van der Waals surface area contributed by atoms with Gasteiger partial charge in [0.2, 0.25) is 0 Å². The summed E-state index contributed by atoms with van der Waals surface area (Å²) in [4.78, 5) is 23.2. The van der Waals surface area contributed by atoms with E-state index in [1.807, 2.05) is 32.0 Å². The van der Waals surface area contributed by atoms with Crippen molar-refractivity contribution in [3.05, 3.63) is 30.1 Å². The standard InChI is InChI=1S/C20H29N5O2.HI/c1-4-27-19(26)16-8-7-12-24(14-16)20(21-3)22-11-13-25-15(2)23-17-9-5-6-10-18(17)25;/h5-6,9-10,16H,4,7-8,11-14H2,1-3H3,(H,21,22);1H. The number of para-hydroxylation sites is 2. The van der Waals surface area contributed by atoms with Gasteiger partial charge in [0, 0.05) is 33.2 Å². The number of benzene rings is 1. The molecule has 0 spiro atoms. The molecule has 1 atom stereocenters. The monoisotopic (exact) mass is 499 g/mol. The summed E-state index contributed by atoms with van der Waals surface area (Å²) in [6, 6.07) is 8.18. The summed E-state index contributed by atoms with van der Waals surface area (Å²) >= 11 is 0. The van der Waals surface area contributed by atoms with Gasteiger partial charge in [-0.3, -0.25) is 9.79 Å². The number of aliphatic imine (C=N–C) groups is 1. The maximum absolute atomic E-state index is 12.1. The van der Waals surface area contributed by atoms with Crippen molar-refractivity contribution in [2.75, 3.05) is 33.3 Å². The van der Waals surface area contributed by atoms with Crippen LogP contribution in [0.2, 0.25) is 0 Å². The lowest BCUT2D eigenvalue weighted by Crippen LogP contribution is -2.48. The normalized spacial score (nSPS) is 17.3. The van der Waals surface area contributed by atoms with Crippen LogP contribution in [0.1, 0.15) is 25.6 Å². The van der Waals surface area contributed by atoms with Crippen LogP contribution < -0.4 is 5.32 Å². The van der Waals surface area contributed by atoms with Crippen LogP contribution in [0.4, 0.5) is 0 Å². The number of hydrogen-bond donors (Lipinski definition) is 1. The lowest BCUT2D eigenvalue weighted by atomic mass is 9.98. The van der Waals surface area contributed by atoms with Gasteiger partial charge in [0.15, 0.2) is 5.96 Å². The Morgan fingerprint density at radius 3 is 2.93 bits per heavy atom. The first-order valence-electron chi connectivity index (χ1n) is 9.68. The molecule has 1 N–H and O–H groups in total. The predicted molar refractivity (Wildman–Crippen MR) is 122 cm³/mol. The minimum absolute atomic E-state index is 0. The van der Waals surface area contributed by atoms with Crippen molar-refractivity contribution >= 4 is 46.9 Å². The molecule has 1 aromatic heterocycles. The molecule has 0 amide bonds. The maximum atomic E-state index is 12.1. The topological polar surface area (TPSA) is 71.8 Å². The molecule has 154 valence electrons. The molecule has 3 rings (SSSR count). The van der Waals surface area contributed by atoms with E-state index in [0.29, 0.717) is 13.2 Å². The van der Waals surface area contributed by atoms with E-state index in [9.17, 15) is 4.79 Å². The van der Waals surface area contributed by atoms with Gasteiger partial charge >= 0.3 is 5.97 Å². The predicted octanol–water partition coefficient (Wildman–Crippen LogP) is 2.81. The maximum Gasteiger partial charge on any atom is 0.310 e. The third-order valence-corrected chi connectivity index (χ3v) is 5.02. The molecule has 2 heterocycles. The number of carbonyl (C=O) groups is 1. The first-order valence-corrected chi connectivity index (χ1v) is 9.68. The van der Waals surface area contributed by atoms with Crippen LogP contribution >= 0.6 is 24.0 Å². The summed E-state index contributed by atoms with van der Waals surface area (Å²) in [7, 11) is 1.79. The van der Waals surface area contributed by atoms with Crippen molar-refractivity contribution in [1.29, 1.82) is 0 Å². The number of guanidine groups is 1. The van der Waals surface area contributed by atoms with Gasteiger partial charge in [-0.1, -0.05) is 12.1 Å². The molecule has 0 radical (unpaired) electrons. The van der Waals surface area contributed by atoms with E-state index in [1.165, 1.54) is 0 Å². The van der Waals surface area contributed by atoms with Crippen molar-refractivity contribution < 1.29 is 9.53 Å². The summed E-state index contributed by atoms with van der Waals surface area (Å²) < 4.78 is 7.41. The van der Waals surface area contributed by atoms with E-state index >= 15 is 0 Å². The number of piperidine rings is 1. The van der Waals surface area contributed by atoms with E-state index in [-0.39, 0.29) is 35.9 Å². The Balaban J connectivity index is 0.00000280. The van der Waals surface area contributed by atoms with Crippen LogP contribution in [0, 0.1) is 12.8 Å². The number of hydrogen-bond acceptors (Lipinski definition) is 4. The van der Waals surface area contributed by atoms with Crippen molar-refractivity contribution in [1.82, 2.24) is 19.8 Å². The molecule has 1 saturated heterocycles. The van der Waals surface area contributed by atoms with Crippen molar-refractivity contribution in [3.63, 3.8) is 0 Å². The third-order valence-electron chi connectivity index (χ3n) is 5.02. The van der Waals surface area contributed by atoms with E-state index in [4.69, 9.17) is 4.74 Å². The minimum atomic E-state index is -0.0989. The Labute approximate surface area is 183 Å². The Bertz CT molecular complexity index is 820. The highest BCUT2D eigenvalue weighted by Crippen LogP contribution is 2.18. The second-order valence-corrected chi connectivity index (χ2v) is 6.81. The van der Waals surface area contributed by atoms with E-state index in [1.54, 1.807) is 7.05 Å². The number of aryl methyl sites for hydroxylation is 1. The fraction of sp³-hybridized carbons (Fsp3) is 0.550. The van der Waals surface area contributed by atoms with Gasteiger partial charge < -0.3 is 19.5 Å². The fourth-order valence-electron chi connectivity index (χ4n) is 3.71. The van der Waals surface area contributed by atoms with Gasteiger partial charge in [-0.25, -0.2) is 4.98 Å².